The SMILES string of the molecule is C=CC(=O)N1CCN(c2c(C#N)c(=O)n(-c3c(C(C)C)ccnc3C(C)C)c3nc(Cl)c(F)cc23)CC1. The van der Waals surface area contributed by atoms with Crippen LogP contribution in [0.15, 0.2) is 35.8 Å². The second-order valence-corrected chi connectivity index (χ2v) is 9.93. The molecule has 37 heavy (non-hydrogen) atoms. The fourth-order valence-corrected chi connectivity index (χ4v) is 4.91. The zero-order valence-electron chi connectivity index (χ0n) is 21.3. The third kappa shape index (κ3) is 4.58. The standard InChI is InChI=1S/C27H28ClFN6O2/c1-6-21(36)33-9-11-34(12-10-33)23-18-13-20(29)25(28)32-26(18)35(27(37)19(23)14-30)24-17(15(2)3)7-8-31-22(24)16(4)5/h6-8,13,15-16H,1,9-12H2,2-5H3. The smallest absolute Gasteiger partial charge is 0.276 e. The Bertz CT molecular complexity index is 1470. The first-order valence-electron chi connectivity index (χ1n) is 12.1. The molecule has 3 aromatic heterocycles. The highest BCUT2D eigenvalue weighted by Gasteiger charge is 2.29. The molecular formula is C27H28ClFN6O2. The van der Waals surface area contributed by atoms with Gasteiger partial charge in [-0.05, 0) is 35.6 Å². The normalized spacial score (nSPS) is 13.9. The van der Waals surface area contributed by atoms with E-state index in [2.05, 4.69) is 22.6 Å². The van der Waals surface area contributed by atoms with E-state index in [1.165, 1.54) is 16.7 Å². The Morgan fingerprint density at radius 2 is 1.86 bits per heavy atom. The van der Waals surface area contributed by atoms with Crippen LogP contribution in [0.5, 0.6) is 0 Å². The number of nitriles is 1. The van der Waals surface area contributed by atoms with Crippen LogP contribution in [0.3, 0.4) is 0 Å². The maximum Gasteiger partial charge on any atom is 0.276 e. The van der Waals surface area contributed by atoms with Crippen LogP contribution >= 0.6 is 11.6 Å². The quantitative estimate of drug-likeness (QED) is 0.361. The summed E-state index contributed by atoms with van der Waals surface area (Å²) in [6, 6.07) is 5.12. The third-order valence-electron chi connectivity index (χ3n) is 6.60. The number of amides is 1. The fourth-order valence-electron chi connectivity index (χ4n) is 4.78. The molecule has 0 radical (unpaired) electrons. The van der Waals surface area contributed by atoms with E-state index in [9.17, 15) is 19.2 Å². The van der Waals surface area contributed by atoms with Gasteiger partial charge in [-0.15, -0.1) is 0 Å². The van der Waals surface area contributed by atoms with E-state index in [-0.39, 0.29) is 45.2 Å². The third-order valence-corrected chi connectivity index (χ3v) is 6.87. The number of hydrogen-bond donors (Lipinski definition) is 0. The number of carbonyl (C=O) groups excluding carboxylic acids is 1. The lowest BCUT2D eigenvalue weighted by atomic mass is 9.96. The molecule has 0 N–H and O–H groups in total. The number of rotatable bonds is 5. The van der Waals surface area contributed by atoms with E-state index in [1.54, 1.807) is 11.1 Å². The monoisotopic (exact) mass is 522 g/mol. The lowest BCUT2D eigenvalue weighted by Gasteiger charge is -2.36. The molecule has 0 spiro atoms. The van der Waals surface area contributed by atoms with Crippen LogP contribution in [0.2, 0.25) is 5.15 Å². The molecule has 0 bridgehead atoms. The zero-order chi connectivity index (χ0) is 27.0. The molecule has 0 saturated carbocycles. The number of nitrogens with zero attached hydrogens (tertiary/aromatic N) is 6. The van der Waals surface area contributed by atoms with Crippen LogP contribution in [-0.4, -0.2) is 51.5 Å². The van der Waals surface area contributed by atoms with Crippen LogP contribution in [-0.2, 0) is 4.79 Å². The second-order valence-electron chi connectivity index (χ2n) is 9.57. The topological polar surface area (TPSA) is 95.1 Å². The number of pyridine rings is 3. The van der Waals surface area contributed by atoms with Crippen molar-refractivity contribution in [2.75, 3.05) is 31.1 Å². The van der Waals surface area contributed by atoms with E-state index in [4.69, 9.17) is 11.6 Å². The van der Waals surface area contributed by atoms with E-state index in [1.807, 2.05) is 38.7 Å². The molecule has 8 nitrogen and oxygen atoms in total. The van der Waals surface area contributed by atoms with E-state index in [0.29, 0.717) is 37.6 Å². The number of fused-ring (bicyclic) bond motifs is 1. The van der Waals surface area contributed by atoms with Gasteiger partial charge in [0, 0.05) is 37.8 Å². The van der Waals surface area contributed by atoms with Crippen LogP contribution in [0.4, 0.5) is 10.1 Å². The van der Waals surface area contributed by atoms with E-state index < -0.39 is 11.4 Å². The van der Waals surface area contributed by atoms with Crippen molar-refractivity contribution in [3.8, 4) is 11.8 Å². The number of anilines is 1. The Labute approximate surface area is 219 Å². The predicted molar refractivity (Wildman–Crippen MR) is 142 cm³/mol. The number of halogens is 2. The minimum Gasteiger partial charge on any atom is -0.366 e. The van der Waals surface area contributed by atoms with Gasteiger partial charge in [-0.3, -0.25) is 19.1 Å². The van der Waals surface area contributed by atoms with Gasteiger partial charge in [-0.25, -0.2) is 9.37 Å². The Morgan fingerprint density at radius 1 is 1.19 bits per heavy atom. The summed E-state index contributed by atoms with van der Waals surface area (Å²) in [5.41, 5.74) is 1.75. The molecule has 1 aliphatic rings. The Balaban J connectivity index is 2.08. The summed E-state index contributed by atoms with van der Waals surface area (Å²) in [5, 5.41) is 10.1. The van der Waals surface area contributed by atoms with Gasteiger partial charge < -0.3 is 9.80 Å². The number of piperazine rings is 1. The van der Waals surface area contributed by atoms with Crippen molar-refractivity contribution in [3.05, 3.63) is 69.1 Å². The summed E-state index contributed by atoms with van der Waals surface area (Å²) in [5.74, 6) is -0.982. The molecule has 1 fully saturated rings. The molecule has 10 heteroatoms. The van der Waals surface area contributed by atoms with Gasteiger partial charge in [0.25, 0.3) is 5.56 Å². The van der Waals surface area contributed by atoms with Crippen LogP contribution in [0, 0.1) is 17.1 Å². The second kappa shape index (κ2) is 10.3. The van der Waals surface area contributed by atoms with E-state index >= 15 is 0 Å². The van der Waals surface area contributed by atoms with Crippen LogP contribution in [0.25, 0.3) is 16.7 Å². The Morgan fingerprint density at radius 3 is 2.43 bits per heavy atom. The number of aromatic nitrogens is 3. The first-order chi connectivity index (χ1) is 17.6. The summed E-state index contributed by atoms with van der Waals surface area (Å²) >= 11 is 6.14. The fraction of sp³-hybridized carbons (Fsp3) is 0.370. The molecular weight excluding hydrogens is 495 g/mol. The van der Waals surface area contributed by atoms with Crippen molar-refractivity contribution in [3.63, 3.8) is 0 Å². The van der Waals surface area contributed by atoms with Gasteiger partial charge >= 0.3 is 0 Å². The molecule has 0 unspecified atom stereocenters. The van der Waals surface area contributed by atoms with Gasteiger partial charge in [0.1, 0.15) is 11.6 Å². The van der Waals surface area contributed by atoms with Crippen molar-refractivity contribution in [1.29, 1.82) is 5.26 Å². The van der Waals surface area contributed by atoms with E-state index in [0.717, 1.165) is 5.56 Å². The first-order valence-corrected chi connectivity index (χ1v) is 12.5. The van der Waals surface area contributed by atoms with Gasteiger partial charge in [0.2, 0.25) is 5.91 Å². The van der Waals surface area contributed by atoms with Crippen molar-refractivity contribution < 1.29 is 9.18 Å². The average Bonchev–Trinajstić information content (AvgIpc) is 2.88. The minimum absolute atomic E-state index is 0.0223. The summed E-state index contributed by atoms with van der Waals surface area (Å²) in [4.78, 5) is 38.5. The molecule has 4 heterocycles. The lowest BCUT2D eigenvalue weighted by molar-refractivity contribution is -0.126. The van der Waals surface area contributed by atoms with Crippen LogP contribution < -0.4 is 10.5 Å². The molecule has 4 rings (SSSR count). The highest BCUT2D eigenvalue weighted by Crippen LogP contribution is 2.35. The minimum atomic E-state index is -0.760. The van der Waals surface area contributed by atoms with Gasteiger partial charge in [0.15, 0.2) is 16.6 Å². The summed E-state index contributed by atoms with van der Waals surface area (Å²) < 4.78 is 16.2. The van der Waals surface area contributed by atoms with Crippen molar-refractivity contribution in [2.24, 2.45) is 0 Å². The predicted octanol–water partition coefficient (Wildman–Crippen LogP) is 4.53. The molecule has 192 valence electrons. The van der Waals surface area contributed by atoms with Crippen molar-refractivity contribution >= 4 is 34.2 Å². The maximum atomic E-state index is 14.8. The van der Waals surface area contributed by atoms with Crippen molar-refractivity contribution in [1.82, 2.24) is 19.4 Å². The molecule has 0 atom stereocenters. The van der Waals surface area contributed by atoms with Gasteiger partial charge in [-0.1, -0.05) is 45.9 Å². The zero-order valence-corrected chi connectivity index (χ0v) is 22.0. The molecule has 1 saturated heterocycles. The molecule has 1 aliphatic heterocycles. The summed E-state index contributed by atoms with van der Waals surface area (Å²) in [7, 11) is 0. The highest BCUT2D eigenvalue weighted by atomic mass is 35.5. The molecule has 3 aromatic rings. The number of carbonyl (C=O) groups is 1. The molecule has 0 aromatic carbocycles. The average molecular weight is 523 g/mol. The lowest BCUT2D eigenvalue weighted by Crippen LogP contribution is -2.49. The number of hydrogen-bond acceptors (Lipinski definition) is 6. The summed E-state index contributed by atoms with van der Waals surface area (Å²) in [6.07, 6.45) is 2.95. The van der Waals surface area contributed by atoms with Crippen LogP contribution in [0.1, 0.15) is 56.4 Å². The van der Waals surface area contributed by atoms with Gasteiger partial charge in [-0.2, -0.15) is 5.26 Å². The Hall–Kier alpha value is -3.77. The maximum absolute atomic E-state index is 14.8. The summed E-state index contributed by atoms with van der Waals surface area (Å²) in [6.45, 7) is 12.9. The largest absolute Gasteiger partial charge is 0.366 e. The first kappa shape index (κ1) is 26.3. The van der Waals surface area contributed by atoms with Gasteiger partial charge in [0.05, 0.1) is 17.1 Å². The molecule has 1 amide bonds. The van der Waals surface area contributed by atoms with Crippen molar-refractivity contribution in [2.45, 2.75) is 39.5 Å². The Kier molecular flexibility index (Phi) is 7.32. The molecule has 0 aliphatic carbocycles. The highest BCUT2D eigenvalue weighted by molar-refractivity contribution is 6.30.